The molecular formula is C21H36IN5O3. The average molecular weight is 533 g/mol. The Labute approximate surface area is 197 Å². The lowest BCUT2D eigenvalue weighted by Gasteiger charge is -2.36. The number of halogens is 1. The lowest BCUT2D eigenvalue weighted by Crippen LogP contribution is -2.54. The van der Waals surface area contributed by atoms with Gasteiger partial charge in [-0.05, 0) is 38.5 Å². The summed E-state index contributed by atoms with van der Waals surface area (Å²) in [5.41, 5.74) is 1.10. The van der Waals surface area contributed by atoms with E-state index in [1.165, 1.54) is 0 Å². The number of methoxy groups -OCH3 is 1. The zero-order valence-electron chi connectivity index (χ0n) is 18.7. The van der Waals surface area contributed by atoms with Crippen LogP contribution in [0.5, 0.6) is 11.5 Å². The Bertz CT molecular complexity index is 691. The Morgan fingerprint density at radius 2 is 1.90 bits per heavy atom. The van der Waals surface area contributed by atoms with Crippen molar-refractivity contribution in [2.75, 3.05) is 53.5 Å². The fourth-order valence-electron chi connectivity index (χ4n) is 3.30. The molecule has 1 aromatic rings. The molecule has 0 saturated carbocycles. The predicted molar refractivity (Wildman–Crippen MR) is 131 cm³/mol. The highest BCUT2D eigenvalue weighted by molar-refractivity contribution is 14.0. The van der Waals surface area contributed by atoms with Gasteiger partial charge in [-0.25, -0.2) is 0 Å². The summed E-state index contributed by atoms with van der Waals surface area (Å²) >= 11 is 0. The van der Waals surface area contributed by atoms with Crippen LogP contribution in [0, 0.1) is 0 Å². The van der Waals surface area contributed by atoms with E-state index in [0.29, 0.717) is 19.7 Å². The monoisotopic (exact) mass is 533 g/mol. The van der Waals surface area contributed by atoms with Crippen LogP contribution in [-0.4, -0.2) is 81.2 Å². The van der Waals surface area contributed by atoms with Gasteiger partial charge in [0.25, 0.3) is 0 Å². The topological polar surface area (TPSA) is 78.4 Å². The molecule has 1 saturated heterocycles. The lowest BCUT2D eigenvalue weighted by molar-refractivity contribution is -0.123. The minimum Gasteiger partial charge on any atom is -0.493 e. The molecule has 0 unspecified atom stereocenters. The highest BCUT2D eigenvalue weighted by Crippen LogP contribution is 2.28. The first-order valence-electron chi connectivity index (χ1n) is 10.2. The quantitative estimate of drug-likeness (QED) is 0.302. The molecule has 0 radical (unpaired) electrons. The number of hydrogen-bond donors (Lipinski definition) is 2. The number of guanidine groups is 1. The van der Waals surface area contributed by atoms with E-state index in [9.17, 15) is 4.79 Å². The summed E-state index contributed by atoms with van der Waals surface area (Å²) in [6, 6.07) is 6.11. The largest absolute Gasteiger partial charge is 0.493 e. The van der Waals surface area contributed by atoms with Crippen molar-refractivity contribution in [1.29, 1.82) is 0 Å². The number of benzene rings is 1. The van der Waals surface area contributed by atoms with Gasteiger partial charge in [0.1, 0.15) is 0 Å². The second-order valence-electron chi connectivity index (χ2n) is 7.30. The van der Waals surface area contributed by atoms with E-state index in [2.05, 4.69) is 25.4 Å². The third kappa shape index (κ3) is 8.17. The number of rotatable bonds is 8. The molecule has 0 bridgehead atoms. The molecule has 30 heavy (non-hydrogen) atoms. The minimum atomic E-state index is 0. The van der Waals surface area contributed by atoms with Crippen LogP contribution in [0.2, 0.25) is 0 Å². The van der Waals surface area contributed by atoms with Gasteiger partial charge >= 0.3 is 0 Å². The summed E-state index contributed by atoms with van der Waals surface area (Å²) in [6.07, 6.45) is 0. The molecule has 2 N–H and O–H groups in total. The maximum absolute atomic E-state index is 12.0. The van der Waals surface area contributed by atoms with E-state index in [-0.39, 0.29) is 35.9 Å². The molecule has 1 heterocycles. The van der Waals surface area contributed by atoms with Gasteiger partial charge in [-0.3, -0.25) is 14.7 Å². The Balaban J connectivity index is 0.00000450. The zero-order valence-corrected chi connectivity index (χ0v) is 21.1. The van der Waals surface area contributed by atoms with Crippen molar-refractivity contribution in [3.05, 3.63) is 23.8 Å². The highest BCUT2D eigenvalue weighted by atomic mass is 127. The zero-order chi connectivity index (χ0) is 21.2. The molecule has 8 nitrogen and oxygen atoms in total. The summed E-state index contributed by atoms with van der Waals surface area (Å²) in [7, 11) is 3.44. The first kappa shape index (κ1) is 26.3. The Hall–Kier alpha value is -1.75. The Morgan fingerprint density at radius 1 is 1.20 bits per heavy atom. The molecule has 9 heteroatoms. The number of hydrogen-bond acceptors (Lipinski definition) is 5. The number of carbonyl (C=O) groups excluding carboxylic acids is 1. The summed E-state index contributed by atoms with van der Waals surface area (Å²) < 4.78 is 11.0. The molecule has 1 aliphatic rings. The fraction of sp³-hybridized carbons (Fsp3) is 0.619. The fourth-order valence-corrected chi connectivity index (χ4v) is 3.30. The summed E-state index contributed by atoms with van der Waals surface area (Å²) in [6.45, 7) is 10.9. The van der Waals surface area contributed by atoms with Crippen LogP contribution in [-0.2, 0) is 11.3 Å². The summed E-state index contributed by atoms with van der Waals surface area (Å²) in [5.74, 6) is 2.43. The number of nitrogens with zero attached hydrogens (tertiary/aromatic N) is 3. The van der Waals surface area contributed by atoms with E-state index in [1.807, 2.05) is 39.0 Å². The van der Waals surface area contributed by atoms with Crippen molar-refractivity contribution in [2.24, 2.45) is 4.99 Å². The van der Waals surface area contributed by atoms with Crippen LogP contribution in [0.25, 0.3) is 0 Å². The number of amides is 1. The van der Waals surface area contributed by atoms with Gasteiger partial charge in [-0.2, -0.15) is 0 Å². The van der Waals surface area contributed by atoms with Gasteiger partial charge in [-0.1, -0.05) is 6.07 Å². The number of aliphatic imine (C=N–C) groups is 1. The standard InChI is InChI=1S/C21H35N5O3.HI/c1-6-29-19-13-17(7-8-18(19)28-5)14-23-21(22-4)26-11-9-25(10-12-26)15-20(27)24-16(2)3;/h7-8,13,16H,6,9-12,14-15H2,1-5H3,(H,22,23)(H,24,27);1H. The third-order valence-electron chi connectivity index (χ3n) is 4.68. The summed E-state index contributed by atoms with van der Waals surface area (Å²) in [5, 5.41) is 6.37. The molecule has 170 valence electrons. The summed E-state index contributed by atoms with van der Waals surface area (Å²) in [4.78, 5) is 20.8. The lowest BCUT2D eigenvalue weighted by atomic mass is 10.2. The van der Waals surface area contributed by atoms with Crippen LogP contribution < -0.4 is 20.1 Å². The minimum absolute atomic E-state index is 0. The number of carbonyl (C=O) groups is 1. The number of piperazine rings is 1. The Morgan fingerprint density at radius 3 is 2.47 bits per heavy atom. The van der Waals surface area contributed by atoms with Crippen LogP contribution in [0.1, 0.15) is 26.3 Å². The molecule has 0 aliphatic carbocycles. The molecule has 1 amide bonds. The van der Waals surface area contributed by atoms with Crippen molar-refractivity contribution >= 4 is 35.8 Å². The van der Waals surface area contributed by atoms with Crippen LogP contribution >= 0.6 is 24.0 Å². The second kappa shape index (κ2) is 13.5. The van der Waals surface area contributed by atoms with Gasteiger partial charge in [0.05, 0.1) is 20.3 Å². The van der Waals surface area contributed by atoms with Crippen molar-refractivity contribution in [3.63, 3.8) is 0 Å². The molecular weight excluding hydrogens is 497 g/mol. The molecule has 0 aromatic heterocycles. The van der Waals surface area contributed by atoms with Crippen molar-refractivity contribution in [3.8, 4) is 11.5 Å². The van der Waals surface area contributed by atoms with Crippen LogP contribution in [0.3, 0.4) is 0 Å². The van der Waals surface area contributed by atoms with Gasteiger partial charge in [-0.15, -0.1) is 24.0 Å². The van der Waals surface area contributed by atoms with Crippen molar-refractivity contribution < 1.29 is 14.3 Å². The van der Waals surface area contributed by atoms with E-state index < -0.39 is 0 Å². The van der Waals surface area contributed by atoms with Crippen molar-refractivity contribution in [1.82, 2.24) is 20.4 Å². The third-order valence-corrected chi connectivity index (χ3v) is 4.68. The maximum atomic E-state index is 12.0. The molecule has 1 aromatic carbocycles. The van der Waals surface area contributed by atoms with Gasteiger partial charge in [0.15, 0.2) is 17.5 Å². The first-order chi connectivity index (χ1) is 14.0. The average Bonchev–Trinajstić information content (AvgIpc) is 2.69. The van der Waals surface area contributed by atoms with E-state index in [4.69, 9.17) is 9.47 Å². The molecule has 1 aliphatic heterocycles. The van der Waals surface area contributed by atoms with Gasteiger partial charge in [0.2, 0.25) is 5.91 Å². The maximum Gasteiger partial charge on any atom is 0.234 e. The number of nitrogens with one attached hydrogen (secondary N) is 2. The molecule has 0 atom stereocenters. The van der Waals surface area contributed by atoms with Crippen LogP contribution in [0.15, 0.2) is 23.2 Å². The molecule has 0 spiro atoms. The molecule has 1 fully saturated rings. The van der Waals surface area contributed by atoms with Crippen LogP contribution in [0.4, 0.5) is 0 Å². The van der Waals surface area contributed by atoms with Crippen molar-refractivity contribution in [2.45, 2.75) is 33.4 Å². The van der Waals surface area contributed by atoms with Gasteiger partial charge in [0, 0.05) is 45.8 Å². The van der Waals surface area contributed by atoms with E-state index in [1.54, 1.807) is 14.2 Å². The van der Waals surface area contributed by atoms with E-state index >= 15 is 0 Å². The number of ether oxygens (including phenoxy) is 2. The first-order valence-corrected chi connectivity index (χ1v) is 10.2. The van der Waals surface area contributed by atoms with Gasteiger partial charge < -0.3 is 25.0 Å². The smallest absolute Gasteiger partial charge is 0.234 e. The van der Waals surface area contributed by atoms with E-state index in [0.717, 1.165) is 49.2 Å². The normalized spacial score (nSPS) is 14.9. The SMILES string of the molecule is CCOc1cc(CNC(=NC)N2CCN(CC(=O)NC(C)C)CC2)ccc1OC.I. The highest BCUT2D eigenvalue weighted by Gasteiger charge is 2.21. The predicted octanol–water partition coefficient (Wildman–Crippen LogP) is 1.93. The Kier molecular flexibility index (Phi) is 11.9. The second-order valence-corrected chi connectivity index (χ2v) is 7.30. The molecule has 2 rings (SSSR count).